The minimum absolute atomic E-state index is 0.164. The summed E-state index contributed by atoms with van der Waals surface area (Å²) < 4.78 is 17.4. The molecule has 12 heteroatoms. The van der Waals surface area contributed by atoms with Gasteiger partial charge in [0, 0.05) is 12.5 Å². The van der Waals surface area contributed by atoms with Gasteiger partial charge in [0.25, 0.3) is 0 Å². The normalized spacial score (nSPS) is 14.3. The van der Waals surface area contributed by atoms with Crippen LogP contribution in [0.1, 0.15) is 54.9 Å². The lowest BCUT2D eigenvalue weighted by molar-refractivity contribution is -0.0914. The van der Waals surface area contributed by atoms with Crippen LogP contribution < -0.4 is 5.69 Å². The molecule has 1 fully saturated rings. The average molecular weight is 583 g/mol. The molecular formula is C31H30N6O6. The van der Waals surface area contributed by atoms with E-state index >= 15 is 0 Å². The van der Waals surface area contributed by atoms with Gasteiger partial charge in [-0.15, -0.1) is 10.2 Å². The maximum absolute atomic E-state index is 13.2. The van der Waals surface area contributed by atoms with E-state index in [0.717, 1.165) is 54.4 Å². The molecule has 1 aliphatic carbocycles. The summed E-state index contributed by atoms with van der Waals surface area (Å²) in [5.41, 5.74) is 4.21. The number of hydrogen-bond donors (Lipinski definition) is 2. The molecule has 1 aliphatic rings. The molecule has 2 aromatic heterocycles. The molecule has 3 aromatic carbocycles. The Bertz CT molecular complexity index is 1790. The fraction of sp³-hybridized carbons (Fsp3) is 0.290. The highest BCUT2D eigenvalue weighted by molar-refractivity contribution is 6.02. The highest BCUT2D eigenvalue weighted by Crippen LogP contribution is 2.30. The predicted molar refractivity (Wildman–Crippen MR) is 156 cm³/mol. The first-order chi connectivity index (χ1) is 21.0. The maximum Gasteiger partial charge on any atom is 0.511 e. The summed E-state index contributed by atoms with van der Waals surface area (Å²) in [5.74, 6) is -0.241. The number of para-hydroxylation sites is 1. The molecule has 0 spiro atoms. The lowest BCUT2D eigenvalue weighted by atomic mass is 9.98. The SMILES string of the molecule is C[C@H](OC(=O)OC1CCCCC1)OC(=O)c1cccc2[nH]c(=O)n(Cc3ccc(-c4ccccc4-c4nn[nH]n4)cc3)c12. The molecule has 12 nitrogen and oxygen atoms in total. The molecule has 0 aliphatic heterocycles. The number of fused-ring (bicyclic) bond motifs is 1. The van der Waals surface area contributed by atoms with E-state index in [-0.39, 0.29) is 23.9 Å². The number of tetrazole rings is 1. The predicted octanol–water partition coefficient (Wildman–Crippen LogP) is 5.21. The van der Waals surface area contributed by atoms with Crippen LogP contribution in [0.25, 0.3) is 33.5 Å². The summed E-state index contributed by atoms with van der Waals surface area (Å²) in [6, 6.07) is 20.4. The summed E-state index contributed by atoms with van der Waals surface area (Å²) in [6.45, 7) is 1.65. The standard InChI is InChI=1S/C31H30N6O6/c1-19(42-31(40)43-22-8-3-2-4-9-22)41-29(38)25-12-7-13-26-27(25)37(30(39)32-26)18-20-14-16-21(17-15-20)23-10-5-6-11-24(23)28-33-35-36-34-28/h5-7,10-17,19,22H,2-4,8-9,18H2,1H3,(H,32,39)(H,33,34,35,36)/t19-/m0/s1. The monoisotopic (exact) mass is 582 g/mol. The minimum atomic E-state index is -1.18. The number of esters is 1. The molecule has 0 unspecified atom stereocenters. The van der Waals surface area contributed by atoms with Crippen LogP contribution in [0.15, 0.2) is 71.5 Å². The number of carbonyl (C=O) groups is 2. The molecule has 2 heterocycles. The van der Waals surface area contributed by atoms with E-state index in [0.29, 0.717) is 16.9 Å². The molecule has 43 heavy (non-hydrogen) atoms. The molecule has 0 bridgehead atoms. The molecule has 6 rings (SSSR count). The number of hydrogen-bond acceptors (Lipinski definition) is 9. The molecule has 0 saturated heterocycles. The van der Waals surface area contributed by atoms with Gasteiger partial charge < -0.3 is 19.2 Å². The van der Waals surface area contributed by atoms with Gasteiger partial charge in [0.05, 0.1) is 23.1 Å². The van der Waals surface area contributed by atoms with E-state index in [4.69, 9.17) is 14.2 Å². The van der Waals surface area contributed by atoms with Crippen molar-refractivity contribution in [1.82, 2.24) is 30.2 Å². The zero-order valence-electron chi connectivity index (χ0n) is 23.5. The highest BCUT2D eigenvalue weighted by atomic mass is 16.8. The van der Waals surface area contributed by atoms with E-state index in [9.17, 15) is 14.4 Å². The van der Waals surface area contributed by atoms with Crippen molar-refractivity contribution in [3.8, 4) is 22.5 Å². The summed E-state index contributed by atoms with van der Waals surface area (Å²) >= 11 is 0. The maximum atomic E-state index is 13.2. The van der Waals surface area contributed by atoms with Gasteiger partial charge in [-0.1, -0.05) is 61.0 Å². The number of ether oxygens (including phenoxy) is 3. The highest BCUT2D eigenvalue weighted by Gasteiger charge is 2.24. The summed E-state index contributed by atoms with van der Waals surface area (Å²) in [6.07, 6.45) is 2.50. The van der Waals surface area contributed by atoms with Crippen LogP contribution in [0, 0.1) is 0 Å². The Kier molecular flexibility index (Phi) is 7.98. The molecule has 1 saturated carbocycles. The first kappa shape index (κ1) is 27.9. The van der Waals surface area contributed by atoms with Crippen molar-refractivity contribution in [2.24, 2.45) is 0 Å². The van der Waals surface area contributed by atoms with Crippen LogP contribution in [0.2, 0.25) is 0 Å². The lowest BCUT2D eigenvalue weighted by Gasteiger charge is -2.22. The fourth-order valence-corrected chi connectivity index (χ4v) is 5.43. The van der Waals surface area contributed by atoms with Crippen molar-refractivity contribution in [1.29, 1.82) is 0 Å². The molecule has 0 radical (unpaired) electrons. The van der Waals surface area contributed by atoms with Gasteiger partial charge in [-0.2, -0.15) is 5.21 Å². The average Bonchev–Trinajstić information content (AvgIpc) is 3.66. The van der Waals surface area contributed by atoms with E-state index in [1.165, 1.54) is 11.5 Å². The number of nitrogens with one attached hydrogen (secondary N) is 2. The topological polar surface area (TPSA) is 154 Å². The molecule has 5 aromatic rings. The van der Waals surface area contributed by atoms with Gasteiger partial charge in [-0.05, 0) is 59.7 Å². The Morgan fingerprint density at radius 2 is 1.72 bits per heavy atom. The van der Waals surface area contributed by atoms with Gasteiger partial charge in [-0.25, -0.2) is 14.4 Å². The number of nitrogens with zero attached hydrogens (tertiary/aromatic N) is 4. The van der Waals surface area contributed by atoms with Gasteiger partial charge in [-0.3, -0.25) is 4.57 Å². The van der Waals surface area contributed by atoms with Gasteiger partial charge in [0.2, 0.25) is 12.1 Å². The van der Waals surface area contributed by atoms with Crippen molar-refractivity contribution in [3.05, 3.63) is 88.3 Å². The van der Waals surface area contributed by atoms with E-state index in [1.54, 1.807) is 18.2 Å². The van der Waals surface area contributed by atoms with E-state index in [2.05, 4.69) is 25.6 Å². The van der Waals surface area contributed by atoms with Crippen molar-refractivity contribution in [2.45, 2.75) is 58.0 Å². The largest absolute Gasteiger partial charge is 0.511 e. The number of rotatable bonds is 8. The number of H-pyrrole nitrogens is 2. The van der Waals surface area contributed by atoms with E-state index in [1.807, 2.05) is 48.5 Å². The quantitative estimate of drug-likeness (QED) is 0.185. The fourth-order valence-electron chi connectivity index (χ4n) is 5.43. The molecule has 2 N–H and O–H groups in total. The Balaban J connectivity index is 1.19. The van der Waals surface area contributed by atoms with Crippen molar-refractivity contribution in [2.75, 3.05) is 0 Å². The second-order valence-electron chi connectivity index (χ2n) is 10.4. The zero-order valence-corrected chi connectivity index (χ0v) is 23.5. The van der Waals surface area contributed by atoms with Crippen molar-refractivity contribution in [3.63, 3.8) is 0 Å². The van der Waals surface area contributed by atoms with Gasteiger partial charge in [0.15, 0.2) is 0 Å². The minimum Gasteiger partial charge on any atom is -0.431 e. The number of imidazole rings is 1. The molecule has 1 atom stereocenters. The first-order valence-electron chi connectivity index (χ1n) is 14.2. The van der Waals surface area contributed by atoms with Crippen LogP contribution in [-0.4, -0.2) is 54.7 Å². The third-order valence-corrected chi connectivity index (χ3v) is 7.48. The summed E-state index contributed by atoms with van der Waals surface area (Å²) in [7, 11) is 0. The van der Waals surface area contributed by atoms with Crippen LogP contribution in [0.4, 0.5) is 4.79 Å². The Morgan fingerprint density at radius 1 is 0.953 bits per heavy atom. The smallest absolute Gasteiger partial charge is 0.431 e. The first-order valence-corrected chi connectivity index (χ1v) is 14.2. The van der Waals surface area contributed by atoms with Crippen molar-refractivity contribution < 1.29 is 23.8 Å². The third-order valence-electron chi connectivity index (χ3n) is 7.48. The van der Waals surface area contributed by atoms with Gasteiger partial charge >= 0.3 is 17.8 Å². The number of aromatic nitrogens is 6. The zero-order chi connectivity index (χ0) is 29.8. The summed E-state index contributed by atoms with van der Waals surface area (Å²) in [5, 5.41) is 14.3. The van der Waals surface area contributed by atoms with E-state index < -0.39 is 18.4 Å². The van der Waals surface area contributed by atoms with Crippen LogP contribution in [0.5, 0.6) is 0 Å². The number of benzene rings is 3. The second kappa shape index (κ2) is 12.3. The lowest BCUT2D eigenvalue weighted by Crippen LogP contribution is -2.27. The van der Waals surface area contributed by atoms with Crippen molar-refractivity contribution >= 4 is 23.2 Å². The Labute approximate surface area is 246 Å². The second-order valence-corrected chi connectivity index (χ2v) is 10.4. The third kappa shape index (κ3) is 6.17. The van der Waals surface area contributed by atoms with Crippen LogP contribution in [-0.2, 0) is 20.8 Å². The Morgan fingerprint density at radius 3 is 2.47 bits per heavy atom. The van der Waals surface area contributed by atoms with Crippen LogP contribution in [0.3, 0.4) is 0 Å². The molecule has 0 amide bonds. The number of carbonyl (C=O) groups excluding carboxylic acids is 2. The Hall–Kier alpha value is -5.26. The molecular weight excluding hydrogens is 552 g/mol. The summed E-state index contributed by atoms with van der Waals surface area (Å²) in [4.78, 5) is 41.2. The molecule has 220 valence electrons. The van der Waals surface area contributed by atoms with Gasteiger partial charge in [0.1, 0.15) is 6.10 Å². The van der Waals surface area contributed by atoms with Crippen LogP contribution >= 0.6 is 0 Å². The number of aromatic amines is 2.